The summed E-state index contributed by atoms with van der Waals surface area (Å²) in [6.07, 6.45) is -1.53. The maximum Gasteiger partial charge on any atom is 0.417 e. The molecule has 0 aliphatic carbocycles. The lowest BCUT2D eigenvalue weighted by Crippen LogP contribution is -2.43. The van der Waals surface area contributed by atoms with Gasteiger partial charge in [-0.15, -0.1) is 4.36 Å². The number of rotatable bonds is 4. The van der Waals surface area contributed by atoms with Crippen LogP contribution in [0.2, 0.25) is 0 Å². The van der Waals surface area contributed by atoms with Gasteiger partial charge in [-0.25, -0.2) is 9.19 Å². The number of carbonyl (C=O) groups excluding carboxylic acids is 1. The fourth-order valence-electron chi connectivity index (χ4n) is 4.33. The van der Waals surface area contributed by atoms with E-state index in [1.165, 1.54) is 12.1 Å². The van der Waals surface area contributed by atoms with E-state index in [0.717, 1.165) is 22.6 Å². The van der Waals surface area contributed by atoms with Gasteiger partial charge in [-0.2, -0.15) is 23.7 Å². The van der Waals surface area contributed by atoms with E-state index in [1.54, 1.807) is 37.2 Å². The molecule has 3 heterocycles. The van der Waals surface area contributed by atoms with Crippen LogP contribution in [0.5, 0.6) is 0 Å². The number of nitrogens with zero attached hydrogens (tertiary/aromatic N) is 7. The molecule has 0 radical (unpaired) electrons. The van der Waals surface area contributed by atoms with E-state index in [2.05, 4.69) is 9.35 Å². The van der Waals surface area contributed by atoms with Gasteiger partial charge in [0.05, 0.1) is 44.1 Å². The van der Waals surface area contributed by atoms with Crippen molar-refractivity contribution in [1.82, 2.24) is 9.88 Å². The highest BCUT2D eigenvalue weighted by molar-refractivity contribution is 7.93. The Morgan fingerprint density at radius 3 is 2.42 bits per heavy atom. The molecule has 2 aliphatic heterocycles. The van der Waals surface area contributed by atoms with Crippen LogP contribution in [-0.4, -0.2) is 55.2 Å². The van der Waals surface area contributed by atoms with E-state index in [9.17, 15) is 22.2 Å². The number of amides is 1. The number of hydrogen-bond donors (Lipinski definition) is 0. The van der Waals surface area contributed by atoms with E-state index < -0.39 is 38.5 Å². The van der Waals surface area contributed by atoms with Crippen molar-refractivity contribution in [2.75, 3.05) is 34.4 Å². The van der Waals surface area contributed by atoms with Crippen molar-refractivity contribution in [3.05, 3.63) is 53.2 Å². The molecule has 0 unspecified atom stereocenters. The lowest BCUT2D eigenvalue weighted by molar-refractivity contribution is -0.137. The largest absolute Gasteiger partial charge is 0.417 e. The molecule has 1 amide bonds. The van der Waals surface area contributed by atoms with Gasteiger partial charge in [-0.3, -0.25) is 9.69 Å². The summed E-state index contributed by atoms with van der Waals surface area (Å²) in [5.74, 6) is 0.697. The normalized spacial score (nSPS) is 18.8. The van der Waals surface area contributed by atoms with Crippen LogP contribution in [0.3, 0.4) is 0 Å². The molecule has 2 aromatic rings. The number of pyridine rings is 1. The number of halogens is 3. The molecule has 2 fully saturated rings. The molecule has 9 nitrogen and oxygen atoms in total. The number of benzene rings is 1. The van der Waals surface area contributed by atoms with Crippen LogP contribution < -0.4 is 9.80 Å². The molecule has 4 rings (SSSR count). The maximum absolute atomic E-state index is 13.5. The van der Waals surface area contributed by atoms with Gasteiger partial charge < -0.3 is 9.80 Å². The Balaban J connectivity index is 1.54. The predicted octanol–water partition coefficient (Wildman–Crippen LogP) is 3.65. The zero-order chi connectivity index (χ0) is 27.9. The van der Waals surface area contributed by atoms with Crippen LogP contribution >= 0.6 is 12.2 Å². The summed E-state index contributed by atoms with van der Waals surface area (Å²) < 4.78 is 56.5. The molecular formula is C24H22F3N7O2S2. The number of aromatic nitrogens is 1. The van der Waals surface area contributed by atoms with Crippen LogP contribution in [0, 0.1) is 22.8 Å². The number of nitriles is 2. The molecule has 2 aliphatic rings. The summed E-state index contributed by atoms with van der Waals surface area (Å²) in [5.41, 5.74) is -2.19. The third-order valence-corrected chi connectivity index (χ3v) is 9.01. The van der Waals surface area contributed by atoms with Crippen molar-refractivity contribution in [3.63, 3.8) is 0 Å². The molecule has 0 N–H and O–H groups in total. The van der Waals surface area contributed by atoms with Crippen molar-refractivity contribution in [2.24, 2.45) is 4.36 Å². The number of anilines is 2. The van der Waals surface area contributed by atoms with Gasteiger partial charge in [0.2, 0.25) is 6.19 Å². The molecule has 2 saturated heterocycles. The Labute approximate surface area is 223 Å². The number of hydrogen-bond acceptors (Lipinski definition) is 8. The standard InChI is InChI=1S/C24H22F3N7O2S2/c1-23(2)21(35)34(18-5-4-17(12-28)19(11-18)24(25,26)27)22(37)33(23)14-16-3-6-20(30-13-16)32-7-9-38(36,10-8-32)31-15-29/h3-6,11,13H,7-10,14H2,1-2H3. The quantitative estimate of drug-likeness (QED) is 0.410. The molecule has 0 saturated carbocycles. The summed E-state index contributed by atoms with van der Waals surface area (Å²) in [6, 6.07) is 8.18. The Kier molecular flexibility index (Phi) is 7.07. The van der Waals surface area contributed by atoms with Gasteiger partial charge in [0, 0.05) is 25.8 Å². The van der Waals surface area contributed by atoms with Crippen molar-refractivity contribution in [1.29, 1.82) is 10.5 Å². The number of carbonyl (C=O) groups is 1. The molecule has 38 heavy (non-hydrogen) atoms. The molecule has 1 aromatic heterocycles. The minimum atomic E-state index is -4.77. The molecule has 0 bridgehead atoms. The summed E-state index contributed by atoms with van der Waals surface area (Å²) in [4.78, 5) is 22.4. The number of alkyl halides is 3. The van der Waals surface area contributed by atoms with Crippen LogP contribution in [0.25, 0.3) is 0 Å². The predicted molar refractivity (Wildman–Crippen MR) is 138 cm³/mol. The summed E-state index contributed by atoms with van der Waals surface area (Å²) >= 11 is 5.54. The lowest BCUT2D eigenvalue weighted by Gasteiger charge is -2.30. The molecule has 1 aromatic carbocycles. The molecular weight excluding hydrogens is 539 g/mol. The van der Waals surface area contributed by atoms with Crippen molar-refractivity contribution >= 4 is 44.5 Å². The first kappa shape index (κ1) is 27.3. The number of thiocarbonyl (C=S) groups is 1. The van der Waals surface area contributed by atoms with Crippen molar-refractivity contribution in [3.8, 4) is 12.3 Å². The van der Waals surface area contributed by atoms with Crippen LogP contribution in [-0.2, 0) is 27.2 Å². The Morgan fingerprint density at radius 1 is 1.18 bits per heavy atom. The Hall–Kier alpha value is -3.75. The average molecular weight is 562 g/mol. The second-order valence-corrected chi connectivity index (χ2v) is 12.2. The van der Waals surface area contributed by atoms with Gasteiger partial charge >= 0.3 is 6.18 Å². The highest BCUT2D eigenvalue weighted by Gasteiger charge is 2.50. The minimum absolute atomic E-state index is 0.0361. The zero-order valence-electron chi connectivity index (χ0n) is 20.4. The van der Waals surface area contributed by atoms with E-state index >= 15 is 0 Å². The van der Waals surface area contributed by atoms with E-state index in [0.29, 0.717) is 18.9 Å². The highest BCUT2D eigenvalue weighted by Crippen LogP contribution is 2.38. The van der Waals surface area contributed by atoms with E-state index in [1.807, 2.05) is 11.0 Å². The van der Waals surface area contributed by atoms with Gasteiger partial charge in [-0.05, 0) is 55.9 Å². The Morgan fingerprint density at radius 2 is 1.87 bits per heavy atom. The topological polar surface area (TPSA) is 117 Å². The molecule has 0 spiro atoms. The van der Waals surface area contributed by atoms with Gasteiger partial charge in [0.1, 0.15) is 11.4 Å². The second kappa shape index (κ2) is 9.85. The van der Waals surface area contributed by atoms with Gasteiger partial charge in [0.15, 0.2) is 5.11 Å². The van der Waals surface area contributed by atoms with Gasteiger partial charge in [0.25, 0.3) is 5.91 Å². The molecule has 14 heteroatoms. The first-order chi connectivity index (χ1) is 17.8. The average Bonchev–Trinajstić information content (AvgIpc) is 3.03. The first-order valence-corrected chi connectivity index (χ1v) is 13.6. The van der Waals surface area contributed by atoms with Crippen LogP contribution in [0.4, 0.5) is 24.7 Å². The fourth-order valence-corrected chi connectivity index (χ4v) is 6.35. The van der Waals surface area contributed by atoms with Crippen molar-refractivity contribution in [2.45, 2.75) is 32.1 Å². The fraction of sp³-hybridized carbons (Fsp3) is 0.375. The third kappa shape index (κ3) is 5.01. The monoisotopic (exact) mass is 561 g/mol. The lowest BCUT2D eigenvalue weighted by atomic mass is 10.0. The van der Waals surface area contributed by atoms with Crippen LogP contribution in [0.15, 0.2) is 40.9 Å². The Bertz CT molecular complexity index is 1490. The SMILES string of the molecule is CC1(C)C(=O)N(c2ccc(C#N)c(C(F)(F)F)c2)C(=S)N1Cc1ccc(N2CCS(=O)(=NC#N)CC2)nc1. The summed E-state index contributed by atoms with van der Waals surface area (Å²) in [6.45, 7) is 4.32. The smallest absolute Gasteiger partial charge is 0.355 e. The maximum atomic E-state index is 13.5. The summed E-state index contributed by atoms with van der Waals surface area (Å²) in [7, 11) is -2.51. The van der Waals surface area contributed by atoms with Gasteiger partial charge in [-0.1, -0.05) is 6.07 Å². The third-order valence-electron chi connectivity index (χ3n) is 6.55. The molecule has 198 valence electrons. The van der Waals surface area contributed by atoms with Crippen molar-refractivity contribution < 1.29 is 22.2 Å². The van der Waals surface area contributed by atoms with E-state index in [-0.39, 0.29) is 28.9 Å². The van der Waals surface area contributed by atoms with E-state index in [4.69, 9.17) is 22.7 Å². The second-order valence-electron chi connectivity index (χ2n) is 9.29. The zero-order valence-corrected chi connectivity index (χ0v) is 22.0. The highest BCUT2D eigenvalue weighted by atomic mass is 32.2. The minimum Gasteiger partial charge on any atom is -0.355 e. The molecule has 0 atom stereocenters. The van der Waals surface area contributed by atoms with Crippen LogP contribution in [0.1, 0.15) is 30.5 Å². The first-order valence-electron chi connectivity index (χ1n) is 11.4. The summed E-state index contributed by atoms with van der Waals surface area (Å²) in [5, 5.41) is 17.8.